The van der Waals surface area contributed by atoms with Crippen LogP contribution in [0.1, 0.15) is 11.1 Å². The molecule has 1 aromatic heterocycles. The molecule has 4 rings (SSSR count). The first-order valence-electron chi connectivity index (χ1n) is 8.17. The van der Waals surface area contributed by atoms with Crippen LogP contribution in [0.4, 0.5) is 11.4 Å². The quantitative estimate of drug-likeness (QED) is 0.493. The second kappa shape index (κ2) is 6.51. The van der Waals surface area contributed by atoms with Gasteiger partial charge < -0.3 is 15.5 Å². The summed E-state index contributed by atoms with van der Waals surface area (Å²) in [6.45, 7) is -0.138. The van der Waals surface area contributed by atoms with E-state index in [9.17, 15) is 10.2 Å². The first kappa shape index (κ1) is 15.6. The molecule has 4 heteroatoms. The van der Waals surface area contributed by atoms with E-state index in [0.29, 0.717) is 0 Å². The van der Waals surface area contributed by atoms with Gasteiger partial charge in [-0.15, -0.1) is 0 Å². The molecule has 0 radical (unpaired) electrons. The zero-order valence-electron chi connectivity index (χ0n) is 13.6. The van der Waals surface area contributed by atoms with Crippen molar-refractivity contribution in [2.75, 3.05) is 5.32 Å². The summed E-state index contributed by atoms with van der Waals surface area (Å²) in [6, 6.07) is 21.6. The van der Waals surface area contributed by atoms with Crippen LogP contribution in [0.15, 0.2) is 66.7 Å². The van der Waals surface area contributed by atoms with Crippen LogP contribution in [-0.4, -0.2) is 15.2 Å². The molecule has 3 aromatic carbocycles. The molecule has 0 saturated heterocycles. The molecule has 0 spiro atoms. The Balaban J connectivity index is 1.93. The third kappa shape index (κ3) is 2.93. The lowest BCUT2D eigenvalue weighted by atomic mass is 10.1. The van der Waals surface area contributed by atoms with Crippen LogP contribution >= 0.6 is 0 Å². The highest BCUT2D eigenvalue weighted by Gasteiger charge is 2.10. The summed E-state index contributed by atoms with van der Waals surface area (Å²) in [5.74, 6) is 0. The van der Waals surface area contributed by atoms with Crippen molar-refractivity contribution in [3.8, 4) is 0 Å². The van der Waals surface area contributed by atoms with E-state index in [-0.39, 0.29) is 13.2 Å². The Bertz CT molecular complexity index is 984. The van der Waals surface area contributed by atoms with Gasteiger partial charge in [-0.2, -0.15) is 0 Å². The average molecular weight is 330 g/mol. The summed E-state index contributed by atoms with van der Waals surface area (Å²) in [4.78, 5) is 4.73. The number of nitrogens with one attached hydrogen (secondary N) is 1. The molecule has 0 aliphatic heterocycles. The number of aromatic nitrogens is 1. The second-order valence-corrected chi connectivity index (χ2v) is 6.00. The molecule has 25 heavy (non-hydrogen) atoms. The molecule has 0 atom stereocenters. The molecule has 4 nitrogen and oxygen atoms in total. The summed E-state index contributed by atoms with van der Waals surface area (Å²) in [6.07, 6.45) is 0. The van der Waals surface area contributed by atoms with Crippen molar-refractivity contribution in [2.24, 2.45) is 0 Å². The van der Waals surface area contributed by atoms with Crippen LogP contribution in [0, 0.1) is 0 Å². The largest absolute Gasteiger partial charge is 0.392 e. The predicted molar refractivity (Wildman–Crippen MR) is 101 cm³/mol. The molecular formula is C21H18N2O2. The maximum absolute atomic E-state index is 9.47. The van der Waals surface area contributed by atoms with E-state index in [0.717, 1.165) is 44.3 Å². The summed E-state index contributed by atoms with van der Waals surface area (Å²) >= 11 is 0. The van der Waals surface area contributed by atoms with Crippen molar-refractivity contribution in [3.05, 3.63) is 77.9 Å². The standard InChI is InChI=1S/C21H18N2O2/c24-12-14-9-15(13-25)11-16(10-14)22-21-17-5-1-3-7-19(17)23-20-8-4-2-6-18(20)21/h1-11,24-25H,12-13H2,(H,22,23). The molecule has 0 amide bonds. The highest BCUT2D eigenvalue weighted by molar-refractivity contribution is 6.08. The number of hydrogen-bond acceptors (Lipinski definition) is 4. The van der Waals surface area contributed by atoms with Gasteiger partial charge in [0, 0.05) is 16.5 Å². The maximum Gasteiger partial charge on any atom is 0.0730 e. The number of fused-ring (bicyclic) bond motifs is 2. The van der Waals surface area contributed by atoms with Crippen molar-refractivity contribution < 1.29 is 10.2 Å². The molecular weight excluding hydrogens is 312 g/mol. The van der Waals surface area contributed by atoms with Gasteiger partial charge in [0.2, 0.25) is 0 Å². The highest BCUT2D eigenvalue weighted by Crippen LogP contribution is 2.33. The minimum Gasteiger partial charge on any atom is -0.392 e. The minimum absolute atomic E-state index is 0.0691. The monoisotopic (exact) mass is 330 g/mol. The Morgan fingerprint density at radius 3 is 1.76 bits per heavy atom. The number of anilines is 2. The van der Waals surface area contributed by atoms with Crippen molar-refractivity contribution >= 4 is 33.2 Å². The Labute approximate surface area is 145 Å². The number of para-hydroxylation sites is 2. The molecule has 0 aliphatic carbocycles. The van der Waals surface area contributed by atoms with E-state index in [1.807, 2.05) is 60.7 Å². The molecule has 3 N–H and O–H groups in total. The Morgan fingerprint density at radius 2 is 1.24 bits per heavy atom. The average Bonchev–Trinajstić information content (AvgIpc) is 2.67. The van der Waals surface area contributed by atoms with Crippen molar-refractivity contribution in [1.29, 1.82) is 0 Å². The highest BCUT2D eigenvalue weighted by atomic mass is 16.3. The zero-order chi connectivity index (χ0) is 17.2. The smallest absolute Gasteiger partial charge is 0.0730 e. The second-order valence-electron chi connectivity index (χ2n) is 6.00. The number of benzene rings is 3. The predicted octanol–water partition coefficient (Wildman–Crippen LogP) is 4.12. The van der Waals surface area contributed by atoms with E-state index in [1.165, 1.54) is 0 Å². The summed E-state index contributed by atoms with van der Waals surface area (Å²) < 4.78 is 0. The Morgan fingerprint density at radius 1 is 0.720 bits per heavy atom. The Kier molecular flexibility index (Phi) is 4.06. The van der Waals surface area contributed by atoms with E-state index in [2.05, 4.69) is 5.32 Å². The van der Waals surface area contributed by atoms with Crippen LogP contribution in [0.25, 0.3) is 21.8 Å². The lowest BCUT2D eigenvalue weighted by Crippen LogP contribution is -1.98. The number of pyridine rings is 1. The molecule has 4 aromatic rings. The normalized spacial score (nSPS) is 11.1. The first-order chi connectivity index (χ1) is 12.3. The molecule has 0 bridgehead atoms. The van der Waals surface area contributed by atoms with Crippen LogP contribution in [0.2, 0.25) is 0 Å². The van der Waals surface area contributed by atoms with Gasteiger partial charge in [0.1, 0.15) is 0 Å². The topological polar surface area (TPSA) is 65.4 Å². The molecule has 1 heterocycles. The number of nitrogens with zero attached hydrogens (tertiary/aromatic N) is 1. The Hall–Kier alpha value is -2.95. The number of aliphatic hydroxyl groups excluding tert-OH is 2. The summed E-state index contributed by atoms with van der Waals surface area (Å²) in [7, 11) is 0. The maximum atomic E-state index is 9.47. The van der Waals surface area contributed by atoms with Gasteiger partial charge in [-0.3, -0.25) is 0 Å². The third-order valence-corrected chi connectivity index (χ3v) is 4.27. The van der Waals surface area contributed by atoms with Gasteiger partial charge in [-0.1, -0.05) is 42.5 Å². The van der Waals surface area contributed by atoms with E-state index >= 15 is 0 Å². The number of rotatable bonds is 4. The fourth-order valence-corrected chi connectivity index (χ4v) is 3.14. The van der Waals surface area contributed by atoms with Crippen molar-refractivity contribution in [2.45, 2.75) is 13.2 Å². The van der Waals surface area contributed by atoms with Crippen molar-refractivity contribution in [1.82, 2.24) is 4.98 Å². The van der Waals surface area contributed by atoms with Crippen LogP contribution in [0.3, 0.4) is 0 Å². The summed E-state index contributed by atoms with van der Waals surface area (Å²) in [5, 5.41) is 24.5. The fourth-order valence-electron chi connectivity index (χ4n) is 3.14. The van der Waals surface area contributed by atoms with Gasteiger partial charge in [0.05, 0.1) is 29.9 Å². The first-order valence-corrected chi connectivity index (χ1v) is 8.17. The van der Waals surface area contributed by atoms with Crippen LogP contribution < -0.4 is 5.32 Å². The van der Waals surface area contributed by atoms with E-state index in [4.69, 9.17) is 4.98 Å². The summed E-state index contributed by atoms with van der Waals surface area (Å²) in [5.41, 5.74) is 5.17. The van der Waals surface area contributed by atoms with Gasteiger partial charge in [-0.25, -0.2) is 4.98 Å². The molecule has 124 valence electrons. The van der Waals surface area contributed by atoms with E-state index < -0.39 is 0 Å². The fraction of sp³-hybridized carbons (Fsp3) is 0.0952. The third-order valence-electron chi connectivity index (χ3n) is 4.27. The molecule has 0 saturated carbocycles. The lowest BCUT2D eigenvalue weighted by molar-refractivity contribution is 0.275. The number of aliphatic hydroxyl groups is 2. The van der Waals surface area contributed by atoms with Crippen molar-refractivity contribution in [3.63, 3.8) is 0 Å². The molecule has 0 aliphatic rings. The minimum atomic E-state index is -0.0691. The van der Waals surface area contributed by atoms with Crippen LogP contribution in [0.5, 0.6) is 0 Å². The van der Waals surface area contributed by atoms with Gasteiger partial charge in [0.15, 0.2) is 0 Å². The van der Waals surface area contributed by atoms with Crippen LogP contribution in [-0.2, 0) is 13.2 Å². The molecule has 0 unspecified atom stereocenters. The van der Waals surface area contributed by atoms with Gasteiger partial charge in [-0.05, 0) is 35.4 Å². The van der Waals surface area contributed by atoms with Gasteiger partial charge >= 0.3 is 0 Å². The molecule has 0 fully saturated rings. The lowest BCUT2D eigenvalue weighted by Gasteiger charge is -2.15. The number of hydrogen-bond donors (Lipinski definition) is 3. The SMILES string of the molecule is OCc1cc(CO)cc(Nc2c3ccccc3nc3ccccc23)c1. The van der Waals surface area contributed by atoms with E-state index in [1.54, 1.807) is 6.07 Å². The van der Waals surface area contributed by atoms with Gasteiger partial charge in [0.25, 0.3) is 0 Å². The zero-order valence-corrected chi connectivity index (χ0v) is 13.6.